The van der Waals surface area contributed by atoms with E-state index >= 15 is 0 Å². The Kier molecular flexibility index (Phi) is 7.00. The van der Waals surface area contributed by atoms with E-state index in [1.165, 1.54) is 19.2 Å². The SMILES string of the molecule is COc1ccc(C(=O)OCC(=O)NC(C)c2ccc(Cl)cc2)cc1S(N)(=O)=O. The first-order valence-electron chi connectivity index (χ1n) is 8.04. The monoisotopic (exact) mass is 426 g/mol. The van der Waals surface area contributed by atoms with E-state index < -0.39 is 28.5 Å². The van der Waals surface area contributed by atoms with Crippen molar-refractivity contribution in [3.05, 3.63) is 58.6 Å². The van der Waals surface area contributed by atoms with Crippen LogP contribution in [0.4, 0.5) is 0 Å². The second-order valence-electron chi connectivity index (χ2n) is 5.83. The molecule has 0 heterocycles. The zero-order chi connectivity index (χ0) is 20.9. The van der Waals surface area contributed by atoms with Crippen molar-refractivity contribution in [3.63, 3.8) is 0 Å². The van der Waals surface area contributed by atoms with Crippen molar-refractivity contribution in [2.24, 2.45) is 5.14 Å². The summed E-state index contributed by atoms with van der Waals surface area (Å²) < 4.78 is 33.1. The molecule has 0 fully saturated rings. The lowest BCUT2D eigenvalue weighted by Crippen LogP contribution is -2.31. The molecule has 10 heteroatoms. The smallest absolute Gasteiger partial charge is 0.338 e. The number of hydrogen-bond donors (Lipinski definition) is 2. The van der Waals surface area contributed by atoms with Gasteiger partial charge in [0.2, 0.25) is 10.0 Å². The lowest BCUT2D eigenvalue weighted by Gasteiger charge is -2.14. The van der Waals surface area contributed by atoms with Crippen molar-refractivity contribution in [1.29, 1.82) is 0 Å². The molecule has 0 aliphatic carbocycles. The van der Waals surface area contributed by atoms with E-state index in [-0.39, 0.29) is 22.3 Å². The van der Waals surface area contributed by atoms with Gasteiger partial charge in [0.25, 0.3) is 5.91 Å². The van der Waals surface area contributed by atoms with E-state index in [0.717, 1.165) is 11.6 Å². The Hall–Kier alpha value is -2.62. The van der Waals surface area contributed by atoms with Gasteiger partial charge in [-0.05, 0) is 42.8 Å². The highest BCUT2D eigenvalue weighted by Gasteiger charge is 2.19. The van der Waals surface area contributed by atoms with Gasteiger partial charge in [0.15, 0.2) is 6.61 Å². The molecule has 3 N–H and O–H groups in total. The predicted octanol–water partition coefficient (Wildman–Crippen LogP) is 2.03. The number of rotatable bonds is 7. The Bertz CT molecular complexity index is 976. The molecule has 0 saturated carbocycles. The Morgan fingerprint density at radius 3 is 2.39 bits per heavy atom. The van der Waals surface area contributed by atoms with E-state index in [1.54, 1.807) is 31.2 Å². The van der Waals surface area contributed by atoms with Gasteiger partial charge in [0.1, 0.15) is 10.6 Å². The average molecular weight is 427 g/mol. The molecule has 0 aliphatic heterocycles. The van der Waals surface area contributed by atoms with Crippen LogP contribution < -0.4 is 15.2 Å². The summed E-state index contributed by atoms with van der Waals surface area (Å²) in [6, 6.07) is 10.2. The molecule has 1 atom stereocenters. The minimum atomic E-state index is -4.10. The van der Waals surface area contributed by atoms with E-state index in [9.17, 15) is 18.0 Å². The molecule has 0 aliphatic rings. The van der Waals surface area contributed by atoms with Crippen molar-refractivity contribution >= 4 is 33.5 Å². The number of primary sulfonamides is 1. The highest BCUT2D eigenvalue weighted by atomic mass is 35.5. The lowest BCUT2D eigenvalue weighted by molar-refractivity contribution is -0.124. The van der Waals surface area contributed by atoms with Crippen LogP contribution in [0.1, 0.15) is 28.9 Å². The molecule has 0 radical (unpaired) electrons. The number of esters is 1. The Morgan fingerprint density at radius 2 is 1.82 bits per heavy atom. The van der Waals surface area contributed by atoms with Gasteiger partial charge in [-0.1, -0.05) is 23.7 Å². The third kappa shape index (κ3) is 5.69. The van der Waals surface area contributed by atoms with Crippen molar-refractivity contribution in [1.82, 2.24) is 5.32 Å². The maximum absolute atomic E-state index is 12.1. The molecule has 0 aromatic heterocycles. The molecule has 0 spiro atoms. The van der Waals surface area contributed by atoms with Gasteiger partial charge in [0.05, 0.1) is 18.7 Å². The van der Waals surface area contributed by atoms with Crippen molar-refractivity contribution in [2.75, 3.05) is 13.7 Å². The normalized spacial score (nSPS) is 12.1. The predicted molar refractivity (Wildman–Crippen MR) is 103 cm³/mol. The lowest BCUT2D eigenvalue weighted by atomic mass is 10.1. The summed E-state index contributed by atoms with van der Waals surface area (Å²) in [5, 5.41) is 8.37. The van der Waals surface area contributed by atoms with Crippen LogP contribution in [0.5, 0.6) is 5.75 Å². The number of sulfonamides is 1. The summed E-state index contributed by atoms with van der Waals surface area (Å²) >= 11 is 5.82. The van der Waals surface area contributed by atoms with Crippen molar-refractivity contribution < 1.29 is 27.5 Å². The number of methoxy groups -OCH3 is 1. The summed E-state index contributed by atoms with van der Waals surface area (Å²) in [7, 11) is -2.83. The maximum atomic E-state index is 12.1. The van der Waals surface area contributed by atoms with Gasteiger partial charge in [-0.3, -0.25) is 4.79 Å². The quantitative estimate of drug-likeness (QED) is 0.652. The molecule has 150 valence electrons. The van der Waals surface area contributed by atoms with Crippen LogP contribution in [0, 0.1) is 0 Å². The fourth-order valence-electron chi connectivity index (χ4n) is 2.36. The van der Waals surface area contributed by atoms with Crippen LogP contribution in [0.2, 0.25) is 5.02 Å². The Labute approximate surface area is 167 Å². The molecule has 28 heavy (non-hydrogen) atoms. The van der Waals surface area contributed by atoms with Gasteiger partial charge in [-0.25, -0.2) is 18.4 Å². The second kappa shape index (κ2) is 9.05. The molecular weight excluding hydrogens is 408 g/mol. The topological polar surface area (TPSA) is 125 Å². The molecule has 1 amide bonds. The van der Waals surface area contributed by atoms with Gasteiger partial charge >= 0.3 is 5.97 Å². The van der Waals surface area contributed by atoms with E-state index in [2.05, 4.69) is 5.32 Å². The largest absolute Gasteiger partial charge is 0.495 e. The van der Waals surface area contributed by atoms with E-state index in [1.807, 2.05) is 0 Å². The number of amides is 1. The molecule has 2 aromatic rings. The first kappa shape index (κ1) is 21.7. The molecule has 2 aromatic carbocycles. The third-order valence-electron chi connectivity index (χ3n) is 3.79. The number of ether oxygens (including phenoxy) is 2. The van der Waals surface area contributed by atoms with Gasteiger partial charge in [-0.15, -0.1) is 0 Å². The summed E-state index contributed by atoms with van der Waals surface area (Å²) in [6.07, 6.45) is 0. The Balaban J connectivity index is 1.99. The maximum Gasteiger partial charge on any atom is 0.338 e. The van der Waals surface area contributed by atoms with Gasteiger partial charge < -0.3 is 14.8 Å². The van der Waals surface area contributed by atoms with Crippen molar-refractivity contribution in [2.45, 2.75) is 17.9 Å². The van der Waals surface area contributed by atoms with Crippen LogP contribution in [0.15, 0.2) is 47.4 Å². The van der Waals surface area contributed by atoms with Crippen LogP contribution in [0.25, 0.3) is 0 Å². The number of halogens is 1. The zero-order valence-corrected chi connectivity index (χ0v) is 16.7. The van der Waals surface area contributed by atoms with Crippen LogP contribution in [0.3, 0.4) is 0 Å². The number of nitrogens with two attached hydrogens (primary N) is 1. The second-order valence-corrected chi connectivity index (χ2v) is 7.79. The Morgan fingerprint density at radius 1 is 1.18 bits per heavy atom. The molecular formula is C18H19ClN2O6S. The van der Waals surface area contributed by atoms with Gasteiger partial charge in [-0.2, -0.15) is 0 Å². The summed E-state index contributed by atoms with van der Waals surface area (Å²) in [6.45, 7) is 1.23. The number of nitrogens with one attached hydrogen (secondary N) is 1. The summed E-state index contributed by atoms with van der Waals surface area (Å²) in [5.41, 5.74) is 0.750. The van der Waals surface area contributed by atoms with Crippen LogP contribution in [-0.4, -0.2) is 34.0 Å². The average Bonchev–Trinajstić information content (AvgIpc) is 2.65. The third-order valence-corrected chi connectivity index (χ3v) is 4.97. The minimum absolute atomic E-state index is 0.00594. The number of benzene rings is 2. The highest BCUT2D eigenvalue weighted by molar-refractivity contribution is 7.89. The molecule has 1 unspecified atom stereocenters. The molecule has 2 rings (SSSR count). The minimum Gasteiger partial charge on any atom is -0.495 e. The molecule has 0 saturated heterocycles. The highest BCUT2D eigenvalue weighted by Crippen LogP contribution is 2.24. The first-order chi connectivity index (χ1) is 13.1. The zero-order valence-electron chi connectivity index (χ0n) is 15.1. The van der Waals surface area contributed by atoms with E-state index in [0.29, 0.717) is 5.02 Å². The van der Waals surface area contributed by atoms with Crippen LogP contribution >= 0.6 is 11.6 Å². The first-order valence-corrected chi connectivity index (χ1v) is 9.97. The standard InChI is InChI=1S/C18H19ClN2O6S/c1-11(12-3-6-14(19)7-4-12)21-17(22)10-27-18(23)13-5-8-15(26-2)16(9-13)28(20,24)25/h3-9,11H,10H2,1-2H3,(H,21,22)(H2,20,24,25). The number of hydrogen-bond acceptors (Lipinski definition) is 6. The fraction of sp³-hybridized carbons (Fsp3) is 0.222. The molecule has 0 bridgehead atoms. The fourth-order valence-corrected chi connectivity index (χ4v) is 3.21. The number of carbonyl (C=O) groups is 2. The number of carbonyl (C=O) groups excluding carboxylic acids is 2. The van der Waals surface area contributed by atoms with Crippen molar-refractivity contribution in [3.8, 4) is 5.75 Å². The van der Waals surface area contributed by atoms with E-state index in [4.69, 9.17) is 26.2 Å². The van der Waals surface area contributed by atoms with Crippen LogP contribution in [-0.2, 0) is 19.6 Å². The molecule has 8 nitrogen and oxygen atoms in total. The van der Waals surface area contributed by atoms with Gasteiger partial charge in [0, 0.05) is 5.02 Å². The summed E-state index contributed by atoms with van der Waals surface area (Å²) in [4.78, 5) is 23.8. The summed E-state index contributed by atoms with van der Waals surface area (Å²) in [5.74, 6) is -1.40.